The van der Waals surface area contributed by atoms with Crippen molar-refractivity contribution in [3.63, 3.8) is 0 Å². The second-order valence-corrected chi connectivity index (χ2v) is 7.17. The Labute approximate surface area is 144 Å². The lowest BCUT2D eigenvalue weighted by atomic mass is 9.96. The lowest BCUT2D eigenvalue weighted by Gasteiger charge is -2.30. The first-order valence-corrected chi connectivity index (χ1v) is 9.46. The number of benzene rings is 1. The average molecular weight is 332 g/mol. The minimum Gasteiger partial charge on any atom is -0.371 e. The highest BCUT2D eigenvalue weighted by Crippen LogP contribution is 2.35. The molecule has 24 heavy (non-hydrogen) atoms. The molecule has 3 fully saturated rings. The maximum Gasteiger partial charge on any atom is 0.158 e. The summed E-state index contributed by atoms with van der Waals surface area (Å²) in [5.74, 6) is 0. The molecule has 3 aliphatic rings. The van der Waals surface area contributed by atoms with E-state index in [0.717, 1.165) is 45.1 Å². The molecule has 0 amide bonds. The molecule has 0 spiro atoms. The zero-order chi connectivity index (χ0) is 16.2. The monoisotopic (exact) mass is 332 g/mol. The third kappa shape index (κ3) is 3.99. The van der Waals surface area contributed by atoms with Gasteiger partial charge in [0, 0.05) is 6.61 Å². The molecular weight excluding hydrogens is 304 g/mol. The first-order chi connectivity index (χ1) is 11.9. The number of ether oxygens (including phenoxy) is 4. The van der Waals surface area contributed by atoms with Gasteiger partial charge >= 0.3 is 0 Å². The summed E-state index contributed by atoms with van der Waals surface area (Å²) >= 11 is 0. The summed E-state index contributed by atoms with van der Waals surface area (Å²) in [6.45, 7) is 1.49. The maximum atomic E-state index is 6.27. The van der Waals surface area contributed by atoms with Crippen molar-refractivity contribution in [2.75, 3.05) is 6.61 Å². The fourth-order valence-electron chi connectivity index (χ4n) is 4.07. The molecule has 1 aromatic rings. The van der Waals surface area contributed by atoms with Gasteiger partial charge in [-0.3, -0.25) is 0 Å². The Hall–Kier alpha value is -0.940. The van der Waals surface area contributed by atoms with Gasteiger partial charge in [0.15, 0.2) is 6.29 Å². The maximum absolute atomic E-state index is 6.27. The normalized spacial score (nSPS) is 36.4. The number of fused-ring (bicyclic) bond motifs is 2. The highest BCUT2D eigenvalue weighted by Gasteiger charge is 2.41. The topological polar surface area (TPSA) is 36.9 Å². The van der Waals surface area contributed by atoms with Crippen molar-refractivity contribution in [3.8, 4) is 0 Å². The van der Waals surface area contributed by atoms with E-state index in [2.05, 4.69) is 24.3 Å². The van der Waals surface area contributed by atoms with Gasteiger partial charge in [0.2, 0.25) is 0 Å². The molecule has 3 saturated heterocycles. The van der Waals surface area contributed by atoms with E-state index >= 15 is 0 Å². The van der Waals surface area contributed by atoms with E-state index in [-0.39, 0.29) is 30.7 Å². The van der Waals surface area contributed by atoms with Gasteiger partial charge in [0.1, 0.15) is 0 Å². The Bertz CT molecular complexity index is 500. The van der Waals surface area contributed by atoms with Crippen molar-refractivity contribution in [1.82, 2.24) is 0 Å². The summed E-state index contributed by atoms with van der Waals surface area (Å²) in [4.78, 5) is 0. The molecule has 0 aliphatic carbocycles. The minimum atomic E-state index is -0.0341. The molecule has 0 saturated carbocycles. The summed E-state index contributed by atoms with van der Waals surface area (Å²) in [7, 11) is 0. The van der Waals surface area contributed by atoms with Gasteiger partial charge < -0.3 is 18.9 Å². The van der Waals surface area contributed by atoms with Crippen LogP contribution in [0.3, 0.4) is 0 Å². The third-order valence-electron chi connectivity index (χ3n) is 5.42. The molecule has 1 unspecified atom stereocenters. The SMILES string of the molecule is c1ccc(CO[C@@H]2CC[C@H](OC3CCCCO3)[C@@H]3CC[C@H]2O3)cc1. The standard InChI is InChI=1S/C20H28O4/c1-2-6-15(7-3-1)14-22-16-9-10-19(18-12-11-17(16)23-18)24-20-8-4-5-13-21-20/h1-3,6-7,16-20H,4-5,8-14H2/t16-,17-,18+,19+,20?/m1/s1. The number of hydrogen-bond acceptors (Lipinski definition) is 4. The average Bonchev–Trinajstić information content (AvgIpc) is 3.05. The van der Waals surface area contributed by atoms with Gasteiger partial charge in [-0.25, -0.2) is 0 Å². The van der Waals surface area contributed by atoms with Crippen LogP contribution in [0.2, 0.25) is 0 Å². The quantitative estimate of drug-likeness (QED) is 0.821. The van der Waals surface area contributed by atoms with Crippen LogP contribution in [0.5, 0.6) is 0 Å². The van der Waals surface area contributed by atoms with Gasteiger partial charge in [-0.1, -0.05) is 30.3 Å². The summed E-state index contributed by atoms with van der Waals surface area (Å²) in [5.41, 5.74) is 1.22. The van der Waals surface area contributed by atoms with Gasteiger partial charge in [-0.05, 0) is 50.5 Å². The van der Waals surface area contributed by atoms with Crippen LogP contribution in [0.1, 0.15) is 50.5 Å². The Morgan fingerprint density at radius 2 is 1.67 bits per heavy atom. The van der Waals surface area contributed by atoms with Crippen LogP contribution in [0, 0.1) is 0 Å². The smallest absolute Gasteiger partial charge is 0.158 e. The molecule has 132 valence electrons. The van der Waals surface area contributed by atoms with Crippen LogP contribution in [-0.4, -0.2) is 37.3 Å². The van der Waals surface area contributed by atoms with Gasteiger partial charge in [0.25, 0.3) is 0 Å². The highest BCUT2D eigenvalue weighted by molar-refractivity contribution is 5.13. The van der Waals surface area contributed by atoms with Crippen LogP contribution >= 0.6 is 0 Å². The largest absolute Gasteiger partial charge is 0.371 e. The van der Waals surface area contributed by atoms with Crippen LogP contribution in [-0.2, 0) is 25.6 Å². The van der Waals surface area contributed by atoms with Crippen LogP contribution < -0.4 is 0 Å². The summed E-state index contributed by atoms with van der Waals surface area (Å²) in [6.07, 6.45) is 8.27. The van der Waals surface area contributed by atoms with Crippen molar-refractivity contribution in [3.05, 3.63) is 35.9 Å². The van der Waals surface area contributed by atoms with Gasteiger partial charge in [-0.2, -0.15) is 0 Å². The fraction of sp³-hybridized carbons (Fsp3) is 0.700. The predicted molar refractivity (Wildman–Crippen MR) is 90.6 cm³/mol. The van der Waals surface area contributed by atoms with E-state index < -0.39 is 0 Å². The van der Waals surface area contributed by atoms with E-state index in [0.29, 0.717) is 6.61 Å². The molecule has 4 rings (SSSR count). The summed E-state index contributed by atoms with van der Waals surface area (Å²) < 4.78 is 24.5. The molecule has 0 radical (unpaired) electrons. The van der Waals surface area contributed by atoms with Crippen molar-refractivity contribution < 1.29 is 18.9 Å². The second kappa shape index (κ2) is 7.96. The number of hydrogen-bond donors (Lipinski definition) is 0. The lowest BCUT2D eigenvalue weighted by molar-refractivity contribution is -0.208. The molecule has 1 aromatic carbocycles. The lowest BCUT2D eigenvalue weighted by Crippen LogP contribution is -2.34. The first kappa shape index (κ1) is 16.5. The van der Waals surface area contributed by atoms with E-state index in [4.69, 9.17) is 18.9 Å². The van der Waals surface area contributed by atoms with E-state index in [1.54, 1.807) is 0 Å². The Balaban J connectivity index is 1.32. The zero-order valence-electron chi connectivity index (χ0n) is 14.3. The van der Waals surface area contributed by atoms with E-state index in [1.165, 1.54) is 12.0 Å². The minimum absolute atomic E-state index is 0.0341. The predicted octanol–water partition coefficient (Wildman–Crippen LogP) is 3.83. The molecule has 3 heterocycles. The van der Waals surface area contributed by atoms with E-state index in [1.807, 2.05) is 6.07 Å². The highest BCUT2D eigenvalue weighted by atomic mass is 16.7. The molecule has 2 bridgehead atoms. The molecule has 0 aromatic heterocycles. The second-order valence-electron chi connectivity index (χ2n) is 7.17. The van der Waals surface area contributed by atoms with Crippen LogP contribution in [0.4, 0.5) is 0 Å². The molecule has 4 heteroatoms. The summed E-state index contributed by atoms with van der Waals surface area (Å²) in [5, 5.41) is 0. The van der Waals surface area contributed by atoms with Crippen LogP contribution in [0.15, 0.2) is 30.3 Å². The Morgan fingerprint density at radius 1 is 0.875 bits per heavy atom. The molecule has 0 N–H and O–H groups in total. The Kier molecular flexibility index (Phi) is 5.48. The van der Waals surface area contributed by atoms with Gasteiger partial charge in [-0.15, -0.1) is 0 Å². The van der Waals surface area contributed by atoms with Crippen molar-refractivity contribution in [2.45, 2.75) is 82.3 Å². The zero-order valence-corrected chi connectivity index (χ0v) is 14.3. The number of rotatable bonds is 5. The van der Waals surface area contributed by atoms with E-state index in [9.17, 15) is 0 Å². The van der Waals surface area contributed by atoms with Crippen molar-refractivity contribution >= 4 is 0 Å². The fourth-order valence-corrected chi connectivity index (χ4v) is 4.07. The molecule has 3 aliphatic heterocycles. The summed E-state index contributed by atoms with van der Waals surface area (Å²) in [6, 6.07) is 10.4. The first-order valence-electron chi connectivity index (χ1n) is 9.46. The van der Waals surface area contributed by atoms with Crippen molar-refractivity contribution in [2.24, 2.45) is 0 Å². The van der Waals surface area contributed by atoms with Crippen LogP contribution in [0.25, 0.3) is 0 Å². The Morgan fingerprint density at radius 3 is 2.46 bits per heavy atom. The molecule has 4 nitrogen and oxygen atoms in total. The van der Waals surface area contributed by atoms with Crippen molar-refractivity contribution in [1.29, 1.82) is 0 Å². The molecular formula is C20H28O4. The van der Waals surface area contributed by atoms with Gasteiger partial charge in [0.05, 0.1) is 31.0 Å². The third-order valence-corrected chi connectivity index (χ3v) is 5.42. The molecule has 5 atom stereocenters.